The molecule has 0 bridgehead atoms. The van der Waals surface area contributed by atoms with Crippen LogP contribution in [0.3, 0.4) is 0 Å². The van der Waals surface area contributed by atoms with Crippen LogP contribution in [-0.2, 0) is 0 Å². The zero-order valence-electron chi connectivity index (χ0n) is 9.52. The quantitative estimate of drug-likeness (QED) is 0.638. The van der Waals surface area contributed by atoms with Crippen molar-refractivity contribution >= 4 is 11.9 Å². The molecule has 0 unspecified atom stereocenters. The third-order valence-electron chi connectivity index (χ3n) is 1.79. The predicted octanol–water partition coefficient (Wildman–Crippen LogP) is -1.11. The Labute approximate surface area is 150 Å². The second-order valence-corrected chi connectivity index (χ2v) is 3.06. The van der Waals surface area contributed by atoms with Gasteiger partial charge in [-0.05, 0) is 12.1 Å². The molecule has 0 atom stereocenters. The Balaban J connectivity index is 0.000000324. The summed E-state index contributed by atoms with van der Waals surface area (Å²) in [6.45, 7) is 0. The van der Waals surface area contributed by atoms with Gasteiger partial charge in [-0.3, -0.25) is 9.97 Å². The molecule has 0 aromatic carbocycles. The van der Waals surface area contributed by atoms with E-state index in [9.17, 15) is 19.8 Å². The van der Waals surface area contributed by atoms with E-state index in [1.165, 1.54) is 36.9 Å². The van der Waals surface area contributed by atoms with Gasteiger partial charge in [0.25, 0.3) is 0 Å². The molecule has 0 aliphatic carbocycles. The molecule has 0 spiro atoms. The average Bonchev–Trinajstić information content (AvgIpc) is 2.41. The topological polar surface area (TPSA) is 106 Å². The smallest absolute Gasteiger partial charge is 0.545 e. The molecule has 2 rings (SSSR count). The third-order valence-corrected chi connectivity index (χ3v) is 1.79. The largest absolute Gasteiger partial charge is 2.00 e. The molecule has 97 valence electrons. The second-order valence-electron chi connectivity index (χ2n) is 3.06. The van der Waals surface area contributed by atoms with Crippen LogP contribution in [-0.4, -0.2) is 21.9 Å². The molecule has 1 radical (unpaired) electrons. The summed E-state index contributed by atoms with van der Waals surface area (Å²) in [4.78, 5) is 27.3. The van der Waals surface area contributed by atoms with Crippen LogP contribution in [0.1, 0.15) is 20.7 Å². The summed E-state index contributed by atoms with van der Waals surface area (Å²) in [5.74, 6) is -2.38. The zero-order valence-corrected chi connectivity index (χ0v) is 11.9. The van der Waals surface area contributed by atoms with E-state index >= 15 is 0 Å². The molecule has 0 N–H and O–H groups in total. The maximum Gasteiger partial charge on any atom is 2.00 e. The van der Waals surface area contributed by atoms with Crippen LogP contribution in [0.15, 0.2) is 49.1 Å². The minimum atomic E-state index is -1.19. The van der Waals surface area contributed by atoms with Crippen molar-refractivity contribution in [3.05, 3.63) is 60.2 Å². The van der Waals surface area contributed by atoms with E-state index in [0.717, 1.165) is 0 Å². The van der Waals surface area contributed by atoms with Crippen LogP contribution >= 0.6 is 0 Å². The molecule has 0 aliphatic rings. The number of carboxylic acid groups (broad SMARTS) is 2. The van der Waals surface area contributed by atoms with Gasteiger partial charge in [0, 0.05) is 35.9 Å². The molecule has 0 fully saturated rings. The number of aromatic nitrogens is 2. The van der Waals surface area contributed by atoms with E-state index in [-0.39, 0.29) is 60.5 Å². The number of rotatable bonds is 2. The van der Waals surface area contributed by atoms with Gasteiger partial charge in [0.2, 0.25) is 0 Å². The van der Waals surface area contributed by atoms with E-state index < -0.39 is 11.9 Å². The van der Waals surface area contributed by atoms with Crippen LogP contribution in [0.2, 0.25) is 0 Å². The average molecular weight is 396 g/mol. The first-order chi connectivity index (χ1) is 8.61. The fourth-order valence-electron chi connectivity index (χ4n) is 0.967. The summed E-state index contributed by atoms with van der Waals surface area (Å²) >= 11 is 0. The molecule has 0 saturated heterocycles. The van der Waals surface area contributed by atoms with Crippen molar-refractivity contribution in [3.8, 4) is 0 Å². The molecule has 19 heavy (non-hydrogen) atoms. The molecule has 6 nitrogen and oxygen atoms in total. The van der Waals surface area contributed by atoms with E-state index in [1.807, 2.05) is 0 Å². The fraction of sp³-hybridized carbons (Fsp3) is 0. The number of carbonyl (C=O) groups excluding carboxylic acids is 2. The van der Waals surface area contributed by atoms with Crippen molar-refractivity contribution in [3.63, 3.8) is 0 Å². The van der Waals surface area contributed by atoms with Crippen molar-refractivity contribution in [1.82, 2.24) is 9.97 Å². The molecular weight excluding hydrogens is 388 g/mol. The maximum absolute atomic E-state index is 10.0. The predicted molar refractivity (Wildman–Crippen MR) is 57.1 cm³/mol. The van der Waals surface area contributed by atoms with Gasteiger partial charge in [-0.1, -0.05) is 12.1 Å². The van der Waals surface area contributed by atoms with Gasteiger partial charge in [-0.15, -0.1) is 0 Å². The Morgan fingerprint density at radius 2 is 1.21 bits per heavy atom. The Morgan fingerprint density at radius 1 is 0.842 bits per heavy atom. The number of aromatic carboxylic acids is 2. The van der Waals surface area contributed by atoms with E-state index in [1.54, 1.807) is 12.1 Å². The number of hydrogen-bond donors (Lipinski definition) is 0. The van der Waals surface area contributed by atoms with Crippen LogP contribution in [0, 0.1) is 49.4 Å². The normalized spacial score (nSPS) is 8.42. The molecule has 2 heterocycles. The van der Waals surface area contributed by atoms with Crippen LogP contribution < -0.4 is 10.2 Å². The van der Waals surface area contributed by atoms with Gasteiger partial charge in [0.15, 0.2) is 0 Å². The summed E-state index contributed by atoms with van der Waals surface area (Å²) < 4.78 is 0. The molecule has 0 amide bonds. The van der Waals surface area contributed by atoms with Gasteiger partial charge in [0.1, 0.15) is 0 Å². The van der Waals surface area contributed by atoms with Crippen molar-refractivity contribution in [2.24, 2.45) is 0 Å². The van der Waals surface area contributed by atoms with Crippen molar-refractivity contribution in [1.29, 1.82) is 0 Å². The number of carbonyl (C=O) groups is 2. The minimum absolute atomic E-state index is 0. The van der Waals surface area contributed by atoms with Gasteiger partial charge in [-0.2, -0.15) is 0 Å². The SMILES string of the molecule is O=C([O-])c1cccnc1.O=C([O-])c1cccnc1.[Eu+2]. The molecule has 0 aliphatic heterocycles. The molecule has 2 aromatic heterocycles. The number of carboxylic acids is 2. The first-order valence-electron chi connectivity index (χ1n) is 4.84. The van der Waals surface area contributed by atoms with E-state index in [0.29, 0.717) is 0 Å². The van der Waals surface area contributed by atoms with Gasteiger partial charge >= 0.3 is 49.4 Å². The number of hydrogen-bond acceptors (Lipinski definition) is 6. The monoisotopic (exact) mass is 397 g/mol. The zero-order chi connectivity index (χ0) is 13.4. The standard InChI is InChI=1S/2C6H5NO2.Eu/c2*8-6(9)5-2-1-3-7-4-5;/h2*1-4H,(H,8,9);/q;;+2/p-2. The molecule has 7 heteroatoms. The Kier molecular flexibility index (Phi) is 9.11. The van der Waals surface area contributed by atoms with Crippen LogP contribution in [0.4, 0.5) is 0 Å². The molecular formula is C12H8EuN2O4. The molecule has 0 saturated carbocycles. The molecule has 2 aromatic rings. The summed E-state index contributed by atoms with van der Waals surface area (Å²) in [5.41, 5.74) is 0.218. The minimum Gasteiger partial charge on any atom is -0.545 e. The van der Waals surface area contributed by atoms with Crippen molar-refractivity contribution < 1.29 is 69.2 Å². The second kappa shape index (κ2) is 9.72. The summed E-state index contributed by atoms with van der Waals surface area (Å²) in [7, 11) is 0. The third kappa shape index (κ3) is 7.10. The van der Waals surface area contributed by atoms with Crippen molar-refractivity contribution in [2.45, 2.75) is 0 Å². The Bertz CT molecular complexity index is 470. The van der Waals surface area contributed by atoms with Gasteiger partial charge < -0.3 is 19.8 Å². The van der Waals surface area contributed by atoms with Crippen LogP contribution in [0.25, 0.3) is 0 Å². The first-order valence-corrected chi connectivity index (χ1v) is 4.84. The number of pyridine rings is 2. The van der Waals surface area contributed by atoms with Crippen molar-refractivity contribution in [2.75, 3.05) is 0 Å². The van der Waals surface area contributed by atoms with Crippen LogP contribution in [0.5, 0.6) is 0 Å². The fourth-order valence-corrected chi connectivity index (χ4v) is 0.967. The van der Waals surface area contributed by atoms with Gasteiger partial charge in [0.05, 0.1) is 11.9 Å². The van der Waals surface area contributed by atoms with E-state index in [2.05, 4.69) is 9.97 Å². The summed E-state index contributed by atoms with van der Waals surface area (Å²) in [6.07, 6.45) is 5.50. The first kappa shape index (κ1) is 17.8. The summed E-state index contributed by atoms with van der Waals surface area (Å²) in [5, 5.41) is 20.1. The Hall–Kier alpha value is -1.18. The maximum atomic E-state index is 10.0. The van der Waals surface area contributed by atoms with Gasteiger partial charge in [-0.25, -0.2) is 0 Å². The number of nitrogens with zero attached hydrogens (tertiary/aromatic N) is 2. The summed E-state index contributed by atoms with van der Waals surface area (Å²) in [6, 6.07) is 5.96. The Morgan fingerprint density at radius 3 is 1.37 bits per heavy atom. The van der Waals surface area contributed by atoms with E-state index in [4.69, 9.17) is 0 Å².